The van der Waals surface area contributed by atoms with Gasteiger partial charge in [0.2, 0.25) is 5.88 Å². The molecule has 0 spiro atoms. The summed E-state index contributed by atoms with van der Waals surface area (Å²) in [6, 6.07) is 7.64. The van der Waals surface area contributed by atoms with E-state index in [0.717, 1.165) is 12.1 Å². The number of halogens is 3. The number of hydrogen-bond donors (Lipinski definition) is 1. The van der Waals surface area contributed by atoms with Crippen LogP contribution in [0.25, 0.3) is 11.1 Å². The van der Waals surface area contributed by atoms with Crippen molar-refractivity contribution >= 4 is 5.97 Å². The van der Waals surface area contributed by atoms with E-state index in [1.807, 2.05) is 0 Å². The van der Waals surface area contributed by atoms with Crippen molar-refractivity contribution in [3.8, 4) is 17.0 Å². The number of carbonyl (C=O) groups is 1. The molecule has 0 aliphatic carbocycles. The van der Waals surface area contributed by atoms with Gasteiger partial charge in [0.1, 0.15) is 0 Å². The first-order valence-corrected chi connectivity index (χ1v) is 6.24. The predicted octanol–water partition coefficient (Wildman–Crippen LogP) is 3.40. The molecule has 0 unspecified atom stereocenters. The quantitative estimate of drug-likeness (QED) is 0.940. The second-order valence-corrected chi connectivity index (χ2v) is 4.50. The number of benzene rings is 1. The molecule has 0 aliphatic rings. The van der Waals surface area contributed by atoms with E-state index >= 15 is 0 Å². The molecule has 1 aromatic heterocycles. The molecule has 0 amide bonds. The van der Waals surface area contributed by atoms with Crippen molar-refractivity contribution in [2.24, 2.45) is 0 Å². The summed E-state index contributed by atoms with van der Waals surface area (Å²) < 4.78 is 43.3. The lowest BCUT2D eigenvalue weighted by molar-refractivity contribution is -0.138. The first-order valence-electron chi connectivity index (χ1n) is 6.24. The number of rotatable bonds is 4. The number of alkyl halides is 3. The average Bonchev–Trinajstić information content (AvgIpc) is 2.45. The largest absolute Gasteiger partial charge is 0.481 e. The van der Waals surface area contributed by atoms with Gasteiger partial charge in [-0.25, -0.2) is 4.98 Å². The van der Waals surface area contributed by atoms with Gasteiger partial charge in [-0.15, -0.1) is 0 Å². The molecular weight excluding hydrogens is 299 g/mol. The topological polar surface area (TPSA) is 59.4 Å². The lowest BCUT2D eigenvalue weighted by atomic mass is 10.00. The molecule has 1 aromatic carbocycles. The third kappa shape index (κ3) is 3.55. The summed E-state index contributed by atoms with van der Waals surface area (Å²) in [6.45, 7) is 0. The minimum Gasteiger partial charge on any atom is -0.481 e. The zero-order valence-electron chi connectivity index (χ0n) is 11.5. The van der Waals surface area contributed by atoms with Crippen molar-refractivity contribution in [2.45, 2.75) is 12.6 Å². The fraction of sp³-hybridized carbons (Fsp3) is 0.200. The number of carboxylic acids is 1. The van der Waals surface area contributed by atoms with Crippen molar-refractivity contribution in [3.05, 3.63) is 47.7 Å². The smallest absolute Gasteiger partial charge is 0.416 e. The molecule has 1 heterocycles. The molecule has 0 saturated heterocycles. The number of methoxy groups -OCH3 is 1. The summed E-state index contributed by atoms with van der Waals surface area (Å²) in [5.74, 6) is -0.930. The third-order valence-electron chi connectivity index (χ3n) is 2.98. The Bertz CT molecular complexity index is 699. The van der Waals surface area contributed by atoms with Crippen LogP contribution in [0, 0.1) is 0 Å². The van der Waals surface area contributed by atoms with Gasteiger partial charge in [0.15, 0.2) is 0 Å². The van der Waals surface area contributed by atoms with Gasteiger partial charge in [0.05, 0.1) is 24.8 Å². The maximum atomic E-state index is 12.8. The highest BCUT2D eigenvalue weighted by Gasteiger charge is 2.30. The third-order valence-corrected chi connectivity index (χ3v) is 2.98. The highest BCUT2D eigenvalue weighted by atomic mass is 19.4. The number of aromatic nitrogens is 1. The summed E-state index contributed by atoms with van der Waals surface area (Å²) in [7, 11) is 1.37. The van der Waals surface area contributed by atoms with E-state index in [1.165, 1.54) is 31.4 Å². The van der Waals surface area contributed by atoms with Gasteiger partial charge in [0, 0.05) is 11.6 Å². The highest BCUT2D eigenvalue weighted by molar-refractivity contribution is 5.75. The molecule has 0 atom stereocenters. The highest BCUT2D eigenvalue weighted by Crippen LogP contribution is 2.33. The zero-order chi connectivity index (χ0) is 16.3. The molecule has 0 fully saturated rings. The van der Waals surface area contributed by atoms with Crippen LogP contribution in [0.1, 0.15) is 11.3 Å². The Hall–Kier alpha value is -2.57. The minimum absolute atomic E-state index is 0.145. The van der Waals surface area contributed by atoms with Crippen molar-refractivity contribution < 1.29 is 27.8 Å². The van der Waals surface area contributed by atoms with E-state index in [0.29, 0.717) is 5.56 Å². The Morgan fingerprint density at radius 3 is 2.59 bits per heavy atom. The fourth-order valence-electron chi connectivity index (χ4n) is 2.00. The van der Waals surface area contributed by atoms with Crippen molar-refractivity contribution in [2.75, 3.05) is 7.11 Å². The summed E-state index contributed by atoms with van der Waals surface area (Å²) in [6.07, 6.45) is -4.88. The van der Waals surface area contributed by atoms with E-state index in [1.54, 1.807) is 0 Å². The first-order chi connectivity index (χ1) is 10.3. The molecule has 2 aromatic rings. The monoisotopic (exact) mass is 311 g/mol. The molecule has 22 heavy (non-hydrogen) atoms. The van der Waals surface area contributed by atoms with E-state index in [4.69, 9.17) is 9.84 Å². The molecule has 0 radical (unpaired) electrons. The summed E-state index contributed by atoms with van der Waals surface area (Å²) >= 11 is 0. The number of nitrogens with zero attached hydrogens (tertiary/aromatic N) is 1. The summed E-state index contributed by atoms with van der Waals surface area (Å²) in [5.41, 5.74) is -0.0798. The summed E-state index contributed by atoms with van der Waals surface area (Å²) in [4.78, 5) is 14.9. The maximum absolute atomic E-state index is 12.8. The Labute approximate surface area is 124 Å². The number of aliphatic carboxylic acids is 1. The Morgan fingerprint density at radius 2 is 2.00 bits per heavy atom. The first kappa shape index (κ1) is 15.8. The second-order valence-electron chi connectivity index (χ2n) is 4.50. The molecule has 116 valence electrons. The van der Waals surface area contributed by atoms with Crippen LogP contribution in [-0.2, 0) is 17.4 Å². The lowest BCUT2D eigenvalue weighted by Gasteiger charge is -2.12. The predicted molar refractivity (Wildman–Crippen MR) is 72.6 cm³/mol. The summed E-state index contributed by atoms with van der Waals surface area (Å²) in [5, 5.41) is 8.92. The molecule has 7 heteroatoms. The number of pyridine rings is 1. The van der Waals surface area contributed by atoms with Crippen LogP contribution in [0.2, 0.25) is 0 Å². The van der Waals surface area contributed by atoms with Gasteiger partial charge in [-0.2, -0.15) is 13.2 Å². The molecule has 0 saturated carbocycles. The number of hydrogen-bond acceptors (Lipinski definition) is 3. The van der Waals surface area contributed by atoms with Crippen LogP contribution in [-0.4, -0.2) is 23.2 Å². The second kappa shape index (κ2) is 6.05. The molecule has 0 bridgehead atoms. The van der Waals surface area contributed by atoms with Gasteiger partial charge in [0.25, 0.3) is 0 Å². The van der Waals surface area contributed by atoms with E-state index in [2.05, 4.69) is 4.98 Å². The molecule has 4 nitrogen and oxygen atoms in total. The SMILES string of the molecule is COc1ccc(-c2cccc(C(F)(F)F)c2)c(CC(=O)O)n1. The Morgan fingerprint density at radius 1 is 1.27 bits per heavy atom. The van der Waals surface area contributed by atoms with Crippen LogP contribution in [0.5, 0.6) is 5.88 Å². The minimum atomic E-state index is -4.47. The van der Waals surface area contributed by atoms with Gasteiger partial charge in [-0.3, -0.25) is 4.79 Å². The zero-order valence-corrected chi connectivity index (χ0v) is 11.5. The fourth-order valence-corrected chi connectivity index (χ4v) is 2.00. The van der Waals surface area contributed by atoms with E-state index in [9.17, 15) is 18.0 Å². The molecule has 1 N–H and O–H groups in total. The lowest BCUT2D eigenvalue weighted by Crippen LogP contribution is -2.07. The van der Waals surface area contributed by atoms with Crippen molar-refractivity contribution in [1.82, 2.24) is 4.98 Å². The van der Waals surface area contributed by atoms with Gasteiger partial charge in [-0.1, -0.05) is 12.1 Å². The molecular formula is C15H12F3NO3. The van der Waals surface area contributed by atoms with Gasteiger partial charge in [-0.05, 0) is 23.8 Å². The normalized spacial score (nSPS) is 11.3. The van der Waals surface area contributed by atoms with Crippen LogP contribution in [0.3, 0.4) is 0 Å². The molecule has 0 aliphatic heterocycles. The maximum Gasteiger partial charge on any atom is 0.416 e. The Balaban J connectivity index is 2.54. The van der Waals surface area contributed by atoms with Crippen LogP contribution in [0.15, 0.2) is 36.4 Å². The standard InChI is InChI=1S/C15H12F3NO3/c1-22-13-6-5-11(12(19-13)8-14(20)21)9-3-2-4-10(7-9)15(16,17)18/h2-7H,8H2,1H3,(H,20,21). The van der Waals surface area contributed by atoms with Crippen LogP contribution >= 0.6 is 0 Å². The van der Waals surface area contributed by atoms with Crippen molar-refractivity contribution in [3.63, 3.8) is 0 Å². The molecule has 2 rings (SSSR count). The average molecular weight is 311 g/mol. The Kier molecular flexibility index (Phi) is 4.35. The number of ether oxygens (including phenoxy) is 1. The van der Waals surface area contributed by atoms with Crippen molar-refractivity contribution in [1.29, 1.82) is 0 Å². The number of carboxylic acid groups (broad SMARTS) is 1. The van der Waals surface area contributed by atoms with E-state index < -0.39 is 24.1 Å². The van der Waals surface area contributed by atoms with Gasteiger partial charge < -0.3 is 9.84 Å². The van der Waals surface area contributed by atoms with E-state index in [-0.39, 0.29) is 17.1 Å². The van der Waals surface area contributed by atoms with Gasteiger partial charge >= 0.3 is 12.1 Å². The van der Waals surface area contributed by atoms with Crippen LogP contribution in [0.4, 0.5) is 13.2 Å². The van der Waals surface area contributed by atoms with Crippen LogP contribution < -0.4 is 4.74 Å².